The Hall–Kier alpha value is -1.75. The van der Waals surface area contributed by atoms with Crippen LogP contribution in [0.5, 0.6) is 5.75 Å². The van der Waals surface area contributed by atoms with Crippen LogP contribution in [0.3, 0.4) is 0 Å². The molecule has 0 amide bonds. The van der Waals surface area contributed by atoms with Gasteiger partial charge in [0.2, 0.25) is 0 Å². The molecule has 1 atom stereocenters. The Morgan fingerprint density at radius 1 is 1.04 bits per heavy atom. The van der Waals surface area contributed by atoms with Crippen LogP contribution in [0.1, 0.15) is 31.2 Å². The van der Waals surface area contributed by atoms with E-state index in [9.17, 15) is 5.11 Å². The molecule has 0 spiro atoms. The standard InChI is InChI=1S/C21H23Cl2N2O2/c1-27-17-9-7-16(8-10-17)25-20-5-3-2-4-12-24(20)14-21(25,26)15-6-11-18(22)19(23)13-15/h6-11,13,26H,2-5,12,14H2,1H3/q+1. The van der Waals surface area contributed by atoms with Crippen LogP contribution < -0.4 is 9.64 Å². The van der Waals surface area contributed by atoms with Crippen LogP contribution in [0.2, 0.25) is 10.0 Å². The van der Waals surface area contributed by atoms with E-state index in [0.29, 0.717) is 16.6 Å². The van der Waals surface area contributed by atoms with Gasteiger partial charge in [0.15, 0.2) is 6.54 Å². The van der Waals surface area contributed by atoms with Crippen LogP contribution >= 0.6 is 23.2 Å². The van der Waals surface area contributed by atoms with Crippen molar-refractivity contribution in [2.24, 2.45) is 0 Å². The molecule has 2 aromatic rings. The number of methoxy groups -OCH3 is 1. The second-order valence-corrected chi connectivity index (χ2v) is 7.94. The lowest BCUT2D eigenvalue weighted by Gasteiger charge is -2.29. The number of rotatable bonds is 3. The molecule has 2 heterocycles. The Morgan fingerprint density at radius 2 is 1.81 bits per heavy atom. The van der Waals surface area contributed by atoms with Crippen molar-refractivity contribution in [3.05, 3.63) is 58.1 Å². The van der Waals surface area contributed by atoms with Gasteiger partial charge in [-0.1, -0.05) is 29.3 Å². The van der Waals surface area contributed by atoms with Gasteiger partial charge in [-0.2, -0.15) is 4.90 Å². The number of amidine groups is 1. The number of aliphatic hydroxyl groups is 1. The van der Waals surface area contributed by atoms with Crippen molar-refractivity contribution in [2.75, 3.05) is 25.1 Å². The summed E-state index contributed by atoms with van der Waals surface area (Å²) in [5.74, 6) is 1.95. The fourth-order valence-electron chi connectivity index (χ4n) is 4.08. The molecule has 142 valence electrons. The predicted molar refractivity (Wildman–Crippen MR) is 109 cm³/mol. The quantitative estimate of drug-likeness (QED) is 0.754. The fourth-order valence-corrected chi connectivity index (χ4v) is 4.38. The molecule has 0 radical (unpaired) electrons. The molecule has 0 saturated carbocycles. The SMILES string of the molecule is COc1ccc(N2C3=[N+](CCCCC3)CC2(O)c2ccc(Cl)c(Cl)c2)cc1. The van der Waals surface area contributed by atoms with Crippen molar-refractivity contribution in [3.8, 4) is 5.75 Å². The maximum Gasteiger partial charge on any atom is 0.275 e. The summed E-state index contributed by atoms with van der Waals surface area (Å²) in [4.78, 5) is 2.05. The maximum atomic E-state index is 11.9. The number of halogens is 2. The minimum atomic E-state index is -1.20. The molecule has 0 fully saturated rings. The van der Waals surface area contributed by atoms with E-state index in [-0.39, 0.29) is 0 Å². The lowest BCUT2D eigenvalue weighted by Crippen LogP contribution is -2.47. The molecule has 1 N–H and O–H groups in total. The summed E-state index contributed by atoms with van der Waals surface area (Å²) >= 11 is 12.4. The summed E-state index contributed by atoms with van der Waals surface area (Å²) in [7, 11) is 1.65. The van der Waals surface area contributed by atoms with E-state index in [1.807, 2.05) is 30.3 Å². The Bertz CT molecular complexity index is 882. The number of anilines is 1. The number of benzene rings is 2. The van der Waals surface area contributed by atoms with Crippen LogP contribution in [0, 0.1) is 0 Å². The highest BCUT2D eigenvalue weighted by molar-refractivity contribution is 6.42. The van der Waals surface area contributed by atoms with Crippen LogP contribution in [0.25, 0.3) is 0 Å². The number of nitrogens with zero attached hydrogens (tertiary/aromatic N) is 2. The molecule has 2 aliphatic rings. The summed E-state index contributed by atoms with van der Waals surface area (Å²) in [5, 5.41) is 12.8. The van der Waals surface area contributed by atoms with Crippen molar-refractivity contribution < 1.29 is 14.4 Å². The normalized spacial score (nSPS) is 22.6. The first kappa shape index (κ1) is 18.6. The first-order valence-corrected chi connectivity index (χ1v) is 10.0. The van der Waals surface area contributed by atoms with Gasteiger partial charge in [-0.05, 0) is 55.7 Å². The van der Waals surface area contributed by atoms with Crippen molar-refractivity contribution in [2.45, 2.75) is 31.4 Å². The van der Waals surface area contributed by atoms with E-state index >= 15 is 0 Å². The van der Waals surface area contributed by atoms with E-state index in [1.54, 1.807) is 19.2 Å². The fraction of sp³-hybridized carbons (Fsp3) is 0.381. The smallest absolute Gasteiger partial charge is 0.275 e. The zero-order chi connectivity index (χ0) is 19.0. The van der Waals surface area contributed by atoms with Gasteiger partial charge in [0.25, 0.3) is 11.6 Å². The minimum absolute atomic E-state index is 0.448. The van der Waals surface area contributed by atoms with Gasteiger partial charge in [-0.25, -0.2) is 0 Å². The Kier molecular flexibility index (Phi) is 5.06. The summed E-state index contributed by atoms with van der Waals surface area (Å²) in [6.45, 7) is 1.46. The van der Waals surface area contributed by atoms with E-state index < -0.39 is 5.72 Å². The molecule has 1 unspecified atom stereocenters. The van der Waals surface area contributed by atoms with Gasteiger partial charge in [-0.15, -0.1) is 0 Å². The first-order valence-electron chi connectivity index (χ1n) is 9.26. The molecule has 2 aliphatic heterocycles. The van der Waals surface area contributed by atoms with E-state index in [1.165, 1.54) is 6.42 Å². The Labute approximate surface area is 169 Å². The topological polar surface area (TPSA) is 35.7 Å². The van der Waals surface area contributed by atoms with Gasteiger partial charge in [0.1, 0.15) is 11.4 Å². The number of ether oxygens (including phenoxy) is 1. The number of hydrogen-bond donors (Lipinski definition) is 1. The van der Waals surface area contributed by atoms with Crippen molar-refractivity contribution >= 4 is 34.7 Å². The molecule has 4 rings (SSSR count). The largest absolute Gasteiger partial charge is 0.497 e. The summed E-state index contributed by atoms with van der Waals surface area (Å²) in [6.07, 6.45) is 4.41. The maximum absolute atomic E-state index is 11.9. The first-order chi connectivity index (χ1) is 13.0. The third-order valence-electron chi connectivity index (χ3n) is 5.45. The van der Waals surface area contributed by atoms with Crippen LogP contribution in [0.4, 0.5) is 5.69 Å². The summed E-state index contributed by atoms with van der Waals surface area (Å²) in [6, 6.07) is 13.2. The highest BCUT2D eigenvalue weighted by atomic mass is 35.5. The molecule has 4 nitrogen and oxygen atoms in total. The monoisotopic (exact) mass is 405 g/mol. The van der Waals surface area contributed by atoms with E-state index in [2.05, 4.69) is 9.48 Å². The van der Waals surface area contributed by atoms with Crippen molar-refractivity contribution in [1.82, 2.24) is 0 Å². The molecule has 0 saturated heterocycles. The van der Waals surface area contributed by atoms with Crippen LogP contribution in [-0.2, 0) is 5.72 Å². The number of hydrogen-bond acceptors (Lipinski definition) is 3. The average Bonchev–Trinajstić information content (AvgIpc) is 2.80. The van der Waals surface area contributed by atoms with Gasteiger partial charge >= 0.3 is 0 Å². The third kappa shape index (κ3) is 3.31. The van der Waals surface area contributed by atoms with Gasteiger partial charge in [-0.3, -0.25) is 4.58 Å². The zero-order valence-electron chi connectivity index (χ0n) is 15.3. The second-order valence-electron chi connectivity index (χ2n) is 7.13. The lowest BCUT2D eigenvalue weighted by molar-refractivity contribution is -0.534. The molecular formula is C21H23Cl2N2O2+. The zero-order valence-corrected chi connectivity index (χ0v) is 16.8. The predicted octanol–water partition coefficient (Wildman–Crippen LogP) is 4.65. The highest BCUT2D eigenvalue weighted by Gasteiger charge is 2.54. The average molecular weight is 406 g/mol. The van der Waals surface area contributed by atoms with Gasteiger partial charge < -0.3 is 9.84 Å². The molecule has 27 heavy (non-hydrogen) atoms. The van der Waals surface area contributed by atoms with Crippen molar-refractivity contribution in [1.29, 1.82) is 0 Å². The highest BCUT2D eigenvalue weighted by Crippen LogP contribution is 2.39. The molecule has 6 heteroatoms. The lowest BCUT2D eigenvalue weighted by atomic mass is 10.00. The van der Waals surface area contributed by atoms with E-state index in [0.717, 1.165) is 48.6 Å². The molecular weight excluding hydrogens is 383 g/mol. The van der Waals surface area contributed by atoms with Gasteiger partial charge in [0, 0.05) is 12.0 Å². The summed E-state index contributed by atoms with van der Waals surface area (Å²) < 4.78 is 7.60. The Morgan fingerprint density at radius 3 is 2.52 bits per heavy atom. The van der Waals surface area contributed by atoms with Crippen LogP contribution in [0.15, 0.2) is 42.5 Å². The second kappa shape index (κ2) is 7.34. The molecule has 0 aliphatic carbocycles. The minimum Gasteiger partial charge on any atom is -0.497 e. The molecule has 2 aromatic carbocycles. The van der Waals surface area contributed by atoms with Gasteiger partial charge in [0.05, 0.1) is 23.7 Å². The summed E-state index contributed by atoms with van der Waals surface area (Å²) in [5.41, 5.74) is 0.479. The van der Waals surface area contributed by atoms with Crippen molar-refractivity contribution in [3.63, 3.8) is 0 Å². The molecule has 0 aromatic heterocycles. The third-order valence-corrected chi connectivity index (χ3v) is 6.18. The molecule has 0 bridgehead atoms. The van der Waals surface area contributed by atoms with Crippen LogP contribution in [-0.4, -0.2) is 35.7 Å². The van der Waals surface area contributed by atoms with E-state index in [4.69, 9.17) is 27.9 Å². The Balaban J connectivity index is 1.83.